The summed E-state index contributed by atoms with van der Waals surface area (Å²) in [5.41, 5.74) is 0. The molecule has 0 saturated carbocycles. The average molecular weight is 1120 g/mol. The molecule has 1 unspecified atom stereocenters. The first-order valence-electron chi connectivity index (χ1n) is 34.0. The first kappa shape index (κ1) is 76.8. The van der Waals surface area contributed by atoms with Crippen LogP contribution < -0.4 is 0 Å². The standard InChI is InChI=1S/C75H126O6/c1-4-7-10-13-16-19-22-25-28-31-34-36-37-39-41-44-47-50-53-56-59-62-65-68-74(77)80-71-72(70-79-73(76)67-64-61-58-55-52-49-46-43-40-33-30-27-24-21-18-15-12-9-6-3)81-75(78)69-66-63-60-57-54-51-48-45-42-38-35-32-29-26-23-20-17-14-11-8-5-2/h7,9-10,12,16,18-19,21,25,27-28,30,34,36,39-41,43,49,52,72H,4-6,8,11,13-15,17,20,22-24,26,29,31-33,35,37-38,42,44-48,50-51,53-71H2,1-3H3/b10-7-,12-9-,19-16-,21-18-,28-25-,30-27-,36-34-,41-39-,43-40-,52-49-. The van der Waals surface area contributed by atoms with Crippen molar-refractivity contribution in [2.24, 2.45) is 0 Å². The Labute approximate surface area is 501 Å². The molecule has 0 aromatic carbocycles. The van der Waals surface area contributed by atoms with Gasteiger partial charge in [-0.1, -0.05) is 309 Å². The summed E-state index contributed by atoms with van der Waals surface area (Å²) >= 11 is 0. The summed E-state index contributed by atoms with van der Waals surface area (Å²) in [7, 11) is 0. The maximum Gasteiger partial charge on any atom is 0.306 e. The number of hydrogen-bond donors (Lipinski definition) is 0. The van der Waals surface area contributed by atoms with Gasteiger partial charge in [-0.3, -0.25) is 14.4 Å². The van der Waals surface area contributed by atoms with E-state index in [0.717, 1.165) is 135 Å². The van der Waals surface area contributed by atoms with Crippen LogP contribution in [-0.2, 0) is 28.6 Å². The normalized spacial score (nSPS) is 12.9. The van der Waals surface area contributed by atoms with Crippen LogP contribution in [0.15, 0.2) is 122 Å². The van der Waals surface area contributed by atoms with Crippen molar-refractivity contribution in [3.8, 4) is 0 Å². The van der Waals surface area contributed by atoms with Gasteiger partial charge in [-0.25, -0.2) is 0 Å². The van der Waals surface area contributed by atoms with E-state index in [1.807, 2.05) is 0 Å². The van der Waals surface area contributed by atoms with Crippen LogP contribution in [0.1, 0.15) is 316 Å². The number of hydrogen-bond acceptors (Lipinski definition) is 6. The molecule has 1 atom stereocenters. The second-order valence-electron chi connectivity index (χ2n) is 22.3. The monoisotopic (exact) mass is 1120 g/mol. The predicted octanol–water partition coefficient (Wildman–Crippen LogP) is 23.6. The summed E-state index contributed by atoms with van der Waals surface area (Å²) < 4.78 is 17.0. The summed E-state index contributed by atoms with van der Waals surface area (Å²) in [6.45, 7) is 6.41. The van der Waals surface area contributed by atoms with Crippen molar-refractivity contribution in [2.45, 2.75) is 322 Å². The van der Waals surface area contributed by atoms with Crippen molar-refractivity contribution in [3.63, 3.8) is 0 Å². The van der Waals surface area contributed by atoms with Gasteiger partial charge in [-0.05, 0) is 109 Å². The molecule has 0 aliphatic rings. The molecule has 0 fully saturated rings. The maximum absolute atomic E-state index is 13.0. The summed E-state index contributed by atoms with van der Waals surface area (Å²) in [5.74, 6) is -0.926. The van der Waals surface area contributed by atoms with Crippen LogP contribution in [0.4, 0.5) is 0 Å². The zero-order valence-electron chi connectivity index (χ0n) is 53.0. The van der Waals surface area contributed by atoms with Crippen molar-refractivity contribution < 1.29 is 28.6 Å². The van der Waals surface area contributed by atoms with Crippen LogP contribution >= 0.6 is 0 Å². The first-order chi connectivity index (χ1) is 40.0. The van der Waals surface area contributed by atoms with Crippen LogP contribution in [0.3, 0.4) is 0 Å². The Morgan fingerprint density at radius 2 is 0.481 bits per heavy atom. The highest BCUT2D eigenvalue weighted by atomic mass is 16.6. The van der Waals surface area contributed by atoms with Gasteiger partial charge >= 0.3 is 17.9 Å². The lowest BCUT2D eigenvalue weighted by atomic mass is 10.0. The second kappa shape index (κ2) is 68.3. The predicted molar refractivity (Wildman–Crippen MR) is 353 cm³/mol. The van der Waals surface area contributed by atoms with Gasteiger partial charge < -0.3 is 14.2 Å². The molecule has 0 heterocycles. The van der Waals surface area contributed by atoms with E-state index in [2.05, 4.69) is 142 Å². The van der Waals surface area contributed by atoms with Gasteiger partial charge in [0.2, 0.25) is 0 Å². The van der Waals surface area contributed by atoms with Gasteiger partial charge in [0.15, 0.2) is 6.10 Å². The number of unbranched alkanes of at least 4 members (excludes halogenated alkanes) is 30. The second-order valence-corrected chi connectivity index (χ2v) is 22.3. The molecule has 0 bridgehead atoms. The molecule has 0 radical (unpaired) electrons. The molecule has 0 aliphatic heterocycles. The number of esters is 3. The van der Waals surface area contributed by atoms with Crippen LogP contribution in [0, 0.1) is 0 Å². The molecule has 6 nitrogen and oxygen atoms in total. The van der Waals surface area contributed by atoms with Crippen LogP contribution in [0.25, 0.3) is 0 Å². The van der Waals surface area contributed by atoms with E-state index >= 15 is 0 Å². The van der Waals surface area contributed by atoms with E-state index in [1.165, 1.54) is 141 Å². The zero-order valence-corrected chi connectivity index (χ0v) is 53.0. The van der Waals surface area contributed by atoms with E-state index in [-0.39, 0.29) is 31.1 Å². The number of ether oxygens (including phenoxy) is 3. The van der Waals surface area contributed by atoms with E-state index in [9.17, 15) is 14.4 Å². The molecule has 0 rings (SSSR count). The highest BCUT2D eigenvalue weighted by molar-refractivity contribution is 5.71. The van der Waals surface area contributed by atoms with Gasteiger partial charge in [-0.2, -0.15) is 0 Å². The van der Waals surface area contributed by atoms with Crippen molar-refractivity contribution in [1.29, 1.82) is 0 Å². The molecule has 81 heavy (non-hydrogen) atoms. The average Bonchev–Trinajstić information content (AvgIpc) is 3.47. The molecule has 0 aromatic rings. The summed E-state index contributed by atoms with van der Waals surface area (Å²) in [4.78, 5) is 38.5. The van der Waals surface area contributed by atoms with Crippen molar-refractivity contribution in [2.75, 3.05) is 13.2 Å². The Morgan fingerprint density at radius 1 is 0.259 bits per heavy atom. The maximum atomic E-state index is 13.0. The first-order valence-corrected chi connectivity index (χ1v) is 34.0. The molecule has 0 aromatic heterocycles. The molecule has 0 amide bonds. The zero-order chi connectivity index (χ0) is 58.5. The van der Waals surface area contributed by atoms with Gasteiger partial charge in [0, 0.05) is 19.3 Å². The van der Waals surface area contributed by atoms with Crippen molar-refractivity contribution in [1.82, 2.24) is 0 Å². The Hall–Kier alpha value is -4.19. The SMILES string of the molecule is CC/C=C\C/C=C\C/C=C\C/C=C\C/C=C\CCCCCCCCCC(=O)OCC(COC(=O)CCCCC/C=C\C/C=C\C/C=C\C/C=C\C/C=C\CC)OC(=O)CCCCCCCCCCCCCCCCCCCCCCC. The largest absolute Gasteiger partial charge is 0.462 e. The third-order valence-corrected chi connectivity index (χ3v) is 14.5. The Kier molecular flexibility index (Phi) is 64.8. The summed E-state index contributed by atoms with van der Waals surface area (Å²) in [6.07, 6.45) is 94.9. The number of carbonyl (C=O) groups excluding carboxylic acids is 3. The molecule has 6 heteroatoms. The fraction of sp³-hybridized carbons (Fsp3) is 0.693. The van der Waals surface area contributed by atoms with Gasteiger partial charge in [-0.15, -0.1) is 0 Å². The van der Waals surface area contributed by atoms with Crippen LogP contribution in [-0.4, -0.2) is 37.2 Å². The van der Waals surface area contributed by atoms with E-state index < -0.39 is 6.10 Å². The van der Waals surface area contributed by atoms with E-state index in [0.29, 0.717) is 19.3 Å². The molecular weight excluding hydrogens is 997 g/mol. The number of rotatable bonds is 61. The minimum atomic E-state index is -0.801. The Morgan fingerprint density at radius 3 is 0.765 bits per heavy atom. The minimum Gasteiger partial charge on any atom is -0.462 e. The molecule has 0 saturated heterocycles. The summed E-state index contributed by atoms with van der Waals surface area (Å²) in [5, 5.41) is 0. The van der Waals surface area contributed by atoms with E-state index in [4.69, 9.17) is 14.2 Å². The highest BCUT2D eigenvalue weighted by Crippen LogP contribution is 2.17. The number of allylic oxidation sites excluding steroid dienone is 20. The summed E-state index contributed by atoms with van der Waals surface area (Å²) in [6, 6.07) is 0. The molecule has 462 valence electrons. The van der Waals surface area contributed by atoms with Crippen LogP contribution in [0.5, 0.6) is 0 Å². The number of carbonyl (C=O) groups is 3. The lowest BCUT2D eigenvalue weighted by molar-refractivity contribution is -0.167. The smallest absolute Gasteiger partial charge is 0.306 e. The lowest BCUT2D eigenvalue weighted by Crippen LogP contribution is -2.30. The Bertz CT molecular complexity index is 1670. The molecular formula is C75H126O6. The molecule has 0 aliphatic carbocycles. The molecule has 0 N–H and O–H groups in total. The third-order valence-electron chi connectivity index (χ3n) is 14.5. The fourth-order valence-electron chi connectivity index (χ4n) is 9.44. The van der Waals surface area contributed by atoms with Gasteiger partial charge in [0.1, 0.15) is 13.2 Å². The highest BCUT2D eigenvalue weighted by Gasteiger charge is 2.19. The molecule has 0 spiro atoms. The van der Waals surface area contributed by atoms with Crippen molar-refractivity contribution >= 4 is 17.9 Å². The third kappa shape index (κ3) is 66.5. The lowest BCUT2D eigenvalue weighted by Gasteiger charge is -2.18. The van der Waals surface area contributed by atoms with Crippen LogP contribution in [0.2, 0.25) is 0 Å². The van der Waals surface area contributed by atoms with Gasteiger partial charge in [0.25, 0.3) is 0 Å². The van der Waals surface area contributed by atoms with E-state index in [1.54, 1.807) is 0 Å². The van der Waals surface area contributed by atoms with Gasteiger partial charge in [0.05, 0.1) is 0 Å². The Balaban J connectivity index is 4.45. The minimum absolute atomic E-state index is 0.0949. The van der Waals surface area contributed by atoms with Crippen molar-refractivity contribution in [3.05, 3.63) is 122 Å². The topological polar surface area (TPSA) is 78.9 Å². The quantitative estimate of drug-likeness (QED) is 0.0261. The fourth-order valence-corrected chi connectivity index (χ4v) is 9.44.